The number of hydrogen-bond donors (Lipinski definition) is 0. The Bertz CT molecular complexity index is 782. The van der Waals surface area contributed by atoms with Crippen molar-refractivity contribution in [2.24, 2.45) is 0 Å². The molecule has 3 aromatic carbocycles. The molecule has 1 atom stereocenters. The monoisotopic (exact) mass is 367 g/mol. The lowest BCUT2D eigenvalue weighted by atomic mass is 10.2. The van der Waals surface area contributed by atoms with Crippen LogP contribution in [0, 0.1) is 0 Å². The zero-order chi connectivity index (χ0) is 17.6. The van der Waals surface area contributed by atoms with E-state index in [1.54, 1.807) is 4.90 Å². The summed E-state index contributed by atoms with van der Waals surface area (Å²) < 4.78 is 0. The van der Waals surface area contributed by atoms with Crippen LogP contribution >= 0.6 is 23.4 Å². The number of benzene rings is 3. The fraction of sp³-hybridized carbons (Fsp3) is 0.0952. The predicted octanol–water partition coefficient (Wildman–Crippen LogP) is 6.19. The SMILES string of the molecule is CC(Sc1ccc(Cl)cc1)C(=O)N(c1ccccc1)c1ccccc1. The summed E-state index contributed by atoms with van der Waals surface area (Å²) in [5.74, 6) is 0.0392. The van der Waals surface area contributed by atoms with Gasteiger partial charge in [0.25, 0.3) is 0 Å². The number of hydrogen-bond acceptors (Lipinski definition) is 2. The Hall–Kier alpha value is -2.23. The maximum absolute atomic E-state index is 13.2. The third-order valence-corrected chi connectivity index (χ3v) is 5.07. The van der Waals surface area contributed by atoms with Crippen LogP contribution in [0.25, 0.3) is 0 Å². The molecule has 0 saturated heterocycles. The van der Waals surface area contributed by atoms with Crippen molar-refractivity contribution >= 4 is 40.6 Å². The van der Waals surface area contributed by atoms with E-state index in [-0.39, 0.29) is 11.2 Å². The molecule has 4 heteroatoms. The van der Waals surface area contributed by atoms with Gasteiger partial charge in [0.05, 0.1) is 5.25 Å². The molecule has 0 heterocycles. The Balaban J connectivity index is 1.87. The van der Waals surface area contributed by atoms with E-state index in [1.807, 2.05) is 91.9 Å². The standard InChI is InChI=1S/C21H18ClNOS/c1-16(25-20-14-12-17(22)13-15-20)21(24)23(18-8-4-2-5-9-18)19-10-6-3-7-11-19/h2-16H,1H3. The van der Waals surface area contributed by atoms with Crippen molar-refractivity contribution in [1.29, 1.82) is 0 Å². The third kappa shape index (κ3) is 4.44. The van der Waals surface area contributed by atoms with E-state index in [1.165, 1.54) is 11.8 Å². The Kier molecular flexibility index (Phi) is 5.79. The number of nitrogens with zero attached hydrogens (tertiary/aromatic N) is 1. The van der Waals surface area contributed by atoms with Crippen LogP contribution < -0.4 is 4.90 Å². The van der Waals surface area contributed by atoms with Crippen molar-refractivity contribution in [2.45, 2.75) is 17.1 Å². The normalized spacial score (nSPS) is 11.8. The maximum atomic E-state index is 13.2. The zero-order valence-electron chi connectivity index (χ0n) is 13.8. The summed E-state index contributed by atoms with van der Waals surface area (Å²) in [5, 5.41) is 0.458. The molecular weight excluding hydrogens is 350 g/mol. The van der Waals surface area contributed by atoms with Crippen molar-refractivity contribution in [1.82, 2.24) is 0 Å². The summed E-state index contributed by atoms with van der Waals surface area (Å²) in [6.45, 7) is 1.93. The number of carbonyl (C=O) groups excluding carboxylic acids is 1. The highest BCUT2D eigenvalue weighted by Gasteiger charge is 2.24. The van der Waals surface area contributed by atoms with E-state index in [0.717, 1.165) is 16.3 Å². The van der Waals surface area contributed by atoms with Gasteiger partial charge in [-0.3, -0.25) is 9.69 Å². The number of carbonyl (C=O) groups is 1. The van der Waals surface area contributed by atoms with Crippen molar-refractivity contribution < 1.29 is 4.79 Å². The van der Waals surface area contributed by atoms with Crippen LogP contribution in [-0.2, 0) is 4.79 Å². The molecule has 0 aromatic heterocycles. The highest BCUT2D eigenvalue weighted by atomic mass is 35.5. The Labute approximate surface area is 157 Å². The fourth-order valence-corrected chi connectivity index (χ4v) is 3.54. The minimum Gasteiger partial charge on any atom is -0.280 e. The van der Waals surface area contributed by atoms with Crippen LogP contribution in [0.2, 0.25) is 5.02 Å². The number of anilines is 2. The molecule has 0 aliphatic carbocycles. The first-order valence-electron chi connectivity index (χ1n) is 8.01. The summed E-state index contributed by atoms with van der Waals surface area (Å²) >= 11 is 7.47. The Morgan fingerprint density at radius 1 is 0.840 bits per heavy atom. The van der Waals surface area contributed by atoms with Gasteiger partial charge in [-0.1, -0.05) is 48.0 Å². The molecule has 2 nitrogen and oxygen atoms in total. The van der Waals surface area contributed by atoms with Crippen LogP contribution in [0.3, 0.4) is 0 Å². The summed E-state index contributed by atoms with van der Waals surface area (Å²) in [5.41, 5.74) is 1.73. The van der Waals surface area contributed by atoms with E-state index in [2.05, 4.69) is 0 Å². The molecule has 25 heavy (non-hydrogen) atoms. The predicted molar refractivity (Wildman–Crippen MR) is 107 cm³/mol. The molecule has 1 amide bonds. The molecule has 0 aliphatic rings. The lowest BCUT2D eigenvalue weighted by Gasteiger charge is -2.26. The van der Waals surface area contributed by atoms with Gasteiger partial charge in [0.15, 0.2) is 0 Å². The molecule has 1 unspecified atom stereocenters. The van der Waals surface area contributed by atoms with Crippen molar-refractivity contribution in [2.75, 3.05) is 4.90 Å². The average Bonchev–Trinajstić information content (AvgIpc) is 2.65. The van der Waals surface area contributed by atoms with Crippen LogP contribution in [0.5, 0.6) is 0 Å². The van der Waals surface area contributed by atoms with Gasteiger partial charge in [0.1, 0.15) is 0 Å². The first-order valence-corrected chi connectivity index (χ1v) is 9.27. The number of rotatable bonds is 5. The summed E-state index contributed by atoms with van der Waals surface area (Å²) in [4.78, 5) is 16.0. The summed E-state index contributed by atoms with van der Waals surface area (Å²) in [6, 6.07) is 27.0. The van der Waals surface area contributed by atoms with Gasteiger partial charge in [-0.2, -0.15) is 0 Å². The lowest BCUT2D eigenvalue weighted by molar-refractivity contribution is -0.117. The van der Waals surface area contributed by atoms with Gasteiger partial charge in [-0.05, 0) is 55.5 Å². The van der Waals surface area contributed by atoms with Gasteiger partial charge < -0.3 is 0 Å². The molecule has 0 N–H and O–H groups in total. The first-order chi connectivity index (χ1) is 12.1. The molecular formula is C21H18ClNOS. The van der Waals surface area contributed by atoms with Gasteiger partial charge in [0, 0.05) is 21.3 Å². The zero-order valence-corrected chi connectivity index (χ0v) is 15.4. The molecule has 0 aliphatic heterocycles. The number of amides is 1. The molecule has 126 valence electrons. The Morgan fingerprint density at radius 2 is 1.32 bits per heavy atom. The second-order valence-corrected chi connectivity index (χ2v) is 7.41. The van der Waals surface area contributed by atoms with E-state index in [0.29, 0.717) is 5.02 Å². The van der Waals surface area contributed by atoms with Crippen molar-refractivity contribution in [3.05, 3.63) is 90.0 Å². The minimum absolute atomic E-state index is 0.0392. The van der Waals surface area contributed by atoms with E-state index >= 15 is 0 Å². The molecule has 0 fully saturated rings. The van der Waals surface area contributed by atoms with Crippen LogP contribution in [0.15, 0.2) is 89.8 Å². The number of para-hydroxylation sites is 2. The van der Waals surface area contributed by atoms with E-state index in [4.69, 9.17) is 11.6 Å². The average molecular weight is 368 g/mol. The molecule has 0 saturated carbocycles. The molecule has 0 spiro atoms. The maximum Gasteiger partial charge on any atom is 0.244 e. The summed E-state index contributed by atoms with van der Waals surface area (Å²) in [6.07, 6.45) is 0. The highest BCUT2D eigenvalue weighted by molar-refractivity contribution is 8.00. The minimum atomic E-state index is -0.235. The quantitative estimate of drug-likeness (QED) is 0.501. The second kappa shape index (κ2) is 8.24. The highest BCUT2D eigenvalue weighted by Crippen LogP contribution is 2.31. The van der Waals surface area contributed by atoms with Gasteiger partial charge in [-0.25, -0.2) is 0 Å². The van der Waals surface area contributed by atoms with E-state index < -0.39 is 0 Å². The van der Waals surface area contributed by atoms with Gasteiger partial charge in [-0.15, -0.1) is 11.8 Å². The first kappa shape index (κ1) is 17.6. The Morgan fingerprint density at radius 3 is 1.80 bits per heavy atom. The van der Waals surface area contributed by atoms with Crippen molar-refractivity contribution in [3.8, 4) is 0 Å². The molecule has 3 aromatic rings. The molecule has 0 bridgehead atoms. The smallest absolute Gasteiger partial charge is 0.244 e. The fourth-order valence-electron chi connectivity index (χ4n) is 2.51. The van der Waals surface area contributed by atoms with Gasteiger partial charge in [0.2, 0.25) is 5.91 Å². The lowest BCUT2D eigenvalue weighted by Crippen LogP contribution is -2.32. The number of halogens is 1. The van der Waals surface area contributed by atoms with Gasteiger partial charge >= 0.3 is 0 Å². The molecule has 0 radical (unpaired) electrons. The topological polar surface area (TPSA) is 20.3 Å². The van der Waals surface area contributed by atoms with E-state index in [9.17, 15) is 4.79 Å². The van der Waals surface area contributed by atoms with Crippen LogP contribution in [0.1, 0.15) is 6.92 Å². The summed E-state index contributed by atoms with van der Waals surface area (Å²) in [7, 11) is 0. The largest absolute Gasteiger partial charge is 0.280 e. The number of thioether (sulfide) groups is 1. The van der Waals surface area contributed by atoms with Crippen LogP contribution in [0.4, 0.5) is 11.4 Å². The third-order valence-electron chi connectivity index (χ3n) is 3.72. The second-order valence-electron chi connectivity index (χ2n) is 5.56. The van der Waals surface area contributed by atoms with Crippen molar-refractivity contribution in [3.63, 3.8) is 0 Å². The van der Waals surface area contributed by atoms with Crippen LogP contribution in [-0.4, -0.2) is 11.2 Å². The molecule has 3 rings (SSSR count).